The molecule has 0 saturated carbocycles. The molecule has 2 amide bonds. The Hall–Kier alpha value is -1.42. The molecule has 1 aliphatic rings. The van der Waals surface area contributed by atoms with E-state index in [-0.39, 0.29) is 6.03 Å². The van der Waals surface area contributed by atoms with Crippen molar-refractivity contribution in [3.05, 3.63) is 29.3 Å². The van der Waals surface area contributed by atoms with E-state index in [0.717, 1.165) is 31.7 Å². The second-order valence-corrected chi connectivity index (χ2v) is 5.38. The minimum absolute atomic E-state index is 0.0154. The molecule has 0 atom stereocenters. The number of likely N-dealkylation sites (tertiary alicyclic amines) is 1. The summed E-state index contributed by atoms with van der Waals surface area (Å²) in [4.78, 5) is 13.8. The van der Waals surface area contributed by atoms with E-state index in [4.69, 9.17) is 16.3 Å². The van der Waals surface area contributed by atoms with Crippen LogP contribution >= 0.6 is 11.6 Å². The predicted octanol–water partition coefficient (Wildman–Crippen LogP) is 3.30. The maximum Gasteiger partial charge on any atom is 0.317 e. The van der Waals surface area contributed by atoms with E-state index in [1.54, 1.807) is 12.1 Å². The van der Waals surface area contributed by atoms with Gasteiger partial charge in [-0.1, -0.05) is 30.5 Å². The van der Waals surface area contributed by atoms with Crippen molar-refractivity contribution in [1.29, 1.82) is 0 Å². The van der Waals surface area contributed by atoms with Gasteiger partial charge >= 0.3 is 6.03 Å². The predicted molar refractivity (Wildman–Crippen MR) is 80.4 cm³/mol. The molecule has 20 heavy (non-hydrogen) atoms. The number of nitrogens with zero attached hydrogens (tertiary/aromatic N) is 1. The van der Waals surface area contributed by atoms with Crippen molar-refractivity contribution < 1.29 is 9.53 Å². The van der Waals surface area contributed by atoms with Gasteiger partial charge in [-0.3, -0.25) is 0 Å². The van der Waals surface area contributed by atoms with Crippen LogP contribution in [0.1, 0.15) is 25.7 Å². The number of hydrogen-bond donors (Lipinski definition) is 1. The lowest BCUT2D eigenvalue weighted by Gasteiger charge is -2.20. The van der Waals surface area contributed by atoms with Gasteiger partial charge in [-0.2, -0.15) is 0 Å². The first-order valence-electron chi connectivity index (χ1n) is 7.17. The van der Waals surface area contributed by atoms with Crippen LogP contribution in [0.15, 0.2) is 24.3 Å². The van der Waals surface area contributed by atoms with E-state index in [0.29, 0.717) is 18.2 Å². The van der Waals surface area contributed by atoms with Crippen LogP contribution in [0.2, 0.25) is 5.02 Å². The number of amides is 2. The van der Waals surface area contributed by atoms with Crippen LogP contribution in [0, 0.1) is 0 Å². The summed E-state index contributed by atoms with van der Waals surface area (Å²) in [5.41, 5.74) is 0. The minimum Gasteiger partial charge on any atom is -0.492 e. The van der Waals surface area contributed by atoms with Crippen LogP contribution in [-0.2, 0) is 0 Å². The highest BCUT2D eigenvalue weighted by Gasteiger charge is 2.14. The summed E-state index contributed by atoms with van der Waals surface area (Å²) in [7, 11) is 0. The van der Waals surface area contributed by atoms with Gasteiger partial charge < -0.3 is 15.0 Å². The largest absolute Gasteiger partial charge is 0.492 e. The van der Waals surface area contributed by atoms with Crippen LogP contribution in [0.3, 0.4) is 0 Å². The van der Waals surface area contributed by atoms with E-state index in [1.165, 1.54) is 12.8 Å². The molecular formula is C15H21ClN2O2. The molecular weight excluding hydrogens is 276 g/mol. The molecule has 1 fully saturated rings. The zero-order valence-electron chi connectivity index (χ0n) is 11.6. The Labute approximate surface area is 125 Å². The first-order chi connectivity index (χ1) is 9.75. The molecule has 110 valence electrons. The highest BCUT2D eigenvalue weighted by molar-refractivity contribution is 6.30. The number of nitrogens with one attached hydrogen (secondary N) is 1. The third-order valence-electron chi connectivity index (χ3n) is 3.34. The molecule has 2 rings (SSSR count). The lowest BCUT2D eigenvalue weighted by atomic mass is 10.2. The van der Waals surface area contributed by atoms with E-state index in [9.17, 15) is 4.79 Å². The molecule has 0 radical (unpaired) electrons. The molecule has 0 unspecified atom stereocenters. The lowest BCUT2D eigenvalue weighted by molar-refractivity contribution is 0.196. The molecule has 1 aliphatic heterocycles. The molecule has 1 heterocycles. The van der Waals surface area contributed by atoms with Gasteiger partial charge in [-0.05, 0) is 31.0 Å². The third kappa shape index (κ3) is 4.93. The number of rotatable bonds is 4. The molecule has 0 aromatic heterocycles. The Balaban J connectivity index is 1.66. The van der Waals surface area contributed by atoms with Gasteiger partial charge in [0.25, 0.3) is 0 Å². The van der Waals surface area contributed by atoms with Gasteiger partial charge in [0.05, 0.1) is 6.54 Å². The van der Waals surface area contributed by atoms with Crippen molar-refractivity contribution in [2.24, 2.45) is 0 Å². The molecule has 5 heteroatoms. The monoisotopic (exact) mass is 296 g/mol. The number of ether oxygens (including phenoxy) is 1. The Bertz CT molecular complexity index is 432. The first-order valence-corrected chi connectivity index (χ1v) is 7.54. The average molecular weight is 297 g/mol. The molecule has 0 spiro atoms. The third-order valence-corrected chi connectivity index (χ3v) is 3.57. The quantitative estimate of drug-likeness (QED) is 0.866. The minimum atomic E-state index is 0.0154. The van der Waals surface area contributed by atoms with Gasteiger partial charge in [0.2, 0.25) is 0 Å². The fraction of sp³-hybridized carbons (Fsp3) is 0.533. The van der Waals surface area contributed by atoms with Gasteiger partial charge in [0, 0.05) is 18.1 Å². The molecule has 1 aromatic rings. The smallest absolute Gasteiger partial charge is 0.317 e. The Morgan fingerprint density at radius 3 is 2.70 bits per heavy atom. The molecule has 0 aliphatic carbocycles. The summed E-state index contributed by atoms with van der Waals surface area (Å²) < 4.78 is 5.53. The topological polar surface area (TPSA) is 41.6 Å². The maximum atomic E-state index is 12.0. The number of hydrogen-bond acceptors (Lipinski definition) is 2. The fourth-order valence-electron chi connectivity index (χ4n) is 2.27. The van der Waals surface area contributed by atoms with Gasteiger partial charge in [-0.25, -0.2) is 4.79 Å². The average Bonchev–Trinajstić information content (AvgIpc) is 2.72. The summed E-state index contributed by atoms with van der Waals surface area (Å²) in [6, 6.07) is 7.27. The Morgan fingerprint density at radius 1 is 1.25 bits per heavy atom. The zero-order chi connectivity index (χ0) is 14.2. The van der Waals surface area contributed by atoms with Crippen molar-refractivity contribution in [3.8, 4) is 5.75 Å². The Morgan fingerprint density at radius 2 is 2.00 bits per heavy atom. The number of urea groups is 1. The summed E-state index contributed by atoms with van der Waals surface area (Å²) in [5, 5.41) is 3.54. The van der Waals surface area contributed by atoms with Crippen LogP contribution in [-0.4, -0.2) is 37.2 Å². The number of halogens is 1. The first kappa shape index (κ1) is 15.0. The van der Waals surface area contributed by atoms with Crippen molar-refractivity contribution in [2.75, 3.05) is 26.2 Å². The summed E-state index contributed by atoms with van der Waals surface area (Å²) >= 11 is 5.87. The summed E-state index contributed by atoms with van der Waals surface area (Å²) in [5.74, 6) is 0.724. The highest BCUT2D eigenvalue weighted by atomic mass is 35.5. The van der Waals surface area contributed by atoms with Crippen LogP contribution in [0.5, 0.6) is 5.75 Å². The van der Waals surface area contributed by atoms with E-state index in [2.05, 4.69) is 5.32 Å². The Kier molecular flexibility index (Phi) is 5.99. The van der Waals surface area contributed by atoms with Gasteiger partial charge in [0.15, 0.2) is 0 Å². The molecule has 1 aromatic carbocycles. The maximum absolute atomic E-state index is 12.0. The number of benzene rings is 1. The lowest BCUT2D eigenvalue weighted by Crippen LogP contribution is -2.41. The SMILES string of the molecule is O=C(NCCOc1cccc(Cl)c1)N1CCCCCC1. The number of carbonyl (C=O) groups excluding carboxylic acids is 1. The molecule has 1 N–H and O–H groups in total. The van der Waals surface area contributed by atoms with E-state index in [1.807, 2.05) is 17.0 Å². The normalized spacial score (nSPS) is 15.6. The van der Waals surface area contributed by atoms with Crippen molar-refractivity contribution in [3.63, 3.8) is 0 Å². The van der Waals surface area contributed by atoms with Gasteiger partial charge in [0.1, 0.15) is 12.4 Å². The summed E-state index contributed by atoms with van der Waals surface area (Å²) in [6.07, 6.45) is 4.65. The van der Waals surface area contributed by atoms with Crippen molar-refractivity contribution in [2.45, 2.75) is 25.7 Å². The second kappa shape index (κ2) is 8.00. The van der Waals surface area contributed by atoms with E-state index < -0.39 is 0 Å². The number of carbonyl (C=O) groups is 1. The van der Waals surface area contributed by atoms with E-state index >= 15 is 0 Å². The second-order valence-electron chi connectivity index (χ2n) is 4.94. The highest BCUT2D eigenvalue weighted by Crippen LogP contribution is 2.16. The molecule has 4 nitrogen and oxygen atoms in total. The fourth-order valence-corrected chi connectivity index (χ4v) is 2.45. The van der Waals surface area contributed by atoms with Crippen molar-refractivity contribution >= 4 is 17.6 Å². The zero-order valence-corrected chi connectivity index (χ0v) is 12.4. The van der Waals surface area contributed by atoms with Crippen LogP contribution in [0.4, 0.5) is 4.79 Å². The van der Waals surface area contributed by atoms with Crippen LogP contribution in [0.25, 0.3) is 0 Å². The van der Waals surface area contributed by atoms with Gasteiger partial charge in [-0.15, -0.1) is 0 Å². The standard InChI is InChI=1S/C15H21ClN2O2/c16-13-6-5-7-14(12-13)20-11-8-17-15(19)18-9-3-1-2-4-10-18/h5-7,12H,1-4,8-11H2,(H,17,19). The van der Waals surface area contributed by atoms with Crippen molar-refractivity contribution in [1.82, 2.24) is 10.2 Å². The summed E-state index contributed by atoms with van der Waals surface area (Å²) in [6.45, 7) is 2.67. The molecule has 1 saturated heterocycles. The molecule has 0 bridgehead atoms. The van der Waals surface area contributed by atoms with Crippen LogP contribution < -0.4 is 10.1 Å².